The maximum atomic E-state index is 13.0. The van der Waals surface area contributed by atoms with Gasteiger partial charge in [-0.3, -0.25) is 4.79 Å². The van der Waals surface area contributed by atoms with Crippen LogP contribution in [0.15, 0.2) is 18.2 Å². The monoisotopic (exact) mass is 284 g/mol. The second-order valence-corrected chi connectivity index (χ2v) is 6.01. The molecule has 1 aromatic carbocycles. The zero-order valence-electron chi connectivity index (χ0n) is 11.1. The van der Waals surface area contributed by atoms with Crippen LogP contribution in [0.2, 0.25) is 5.02 Å². The summed E-state index contributed by atoms with van der Waals surface area (Å²) in [7, 11) is 0. The first-order valence-corrected chi connectivity index (χ1v) is 6.74. The smallest absolute Gasteiger partial charge is 0.253 e. The van der Waals surface area contributed by atoms with E-state index in [0.717, 1.165) is 25.6 Å². The number of hydrogen-bond donors (Lipinski definition) is 2. The van der Waals surface area contributed by atoms with Gasteiger partial charge in [-0.05, 0) is 36.6 Å². The van der Waals surface area contributed by atoms with E-state index in [0.29, 0.717) is 5.56 Å². The Labute approximate surface area is 117 Å². The van der Waals surface area contributed by atoms with Gasteiger partial charge in [-0.1, -0.05) is 25.4 Å². The standard InChI is InChI=1S/C14H18ClFN2O/c1-14(2)8-17-6-5-12(14)18-13(19)10-4-3-9(16)7-11(10)15/h3-4,7,12,17H,5-6,8H2,1-2H3,(H,18,19). The first kappa shape index (κ1) is 14.3. The van der Waals surface area contributed by atoms with Crippen molar-refractivity contribution in [3.05, 3.63) is 34.6 Å². The third kappa shape index (κ3) is 3.25. The predicted molar refractivity (Wildman–Crippen MR) is 73.9 cm³/mol. The molecule has 1 atom stereocenters. The normalized spacial score (nSPS) is 22.0. The van der Waals surface area contributed by atoms with Crippen LogP contribution in [0.25, 0.3) is 0 Å². The lowest BCUT2D eigenvalue weighted by Crippen LogP contribution is -2.54. The van der Waals surface area contributed by atoms with Crippen LogP contribution in [0.5, 0.6) is 0 Å². The average Bonchev–Trinajstić information content (AvgIpc) is 2.31. The summed E-state index contributed by atoms with van der Waals surface area (Å²) in [6.07, 6.45) is 0.873. The molecule has 1 aliphatic heterocycles. The number of carbonyl (C=O) groups is 1. The molecular weight excluding hydrogens is 267 g/mol. The SMILES string of the molecule is CC1(C)CNCCC1NC(=O)c1ccc(F)cc1Cl. The van der Waals surface area contributed by atoms with Gasteiger partial charge < -0.3 is 10.6 Å². The van der Waals surface area contributed by atoms with Gasteiger partial charge in [0.1, 0.15) is 5.82 Å². The summed E-state index contributed by atoms with van der Waals surface area (Å²) in [6, 6.07) is 3.90. The summed E-state index contributed by atoms with van der Waals surface area (Å²) < 4.78 is 13.0. The van der Waals surface area contributed by atoms with Crippen molar-refractivity contribution in [2.24, 2.45) is 5.41 Å². The molecule has 0 aromatic heterocycles. The van der Waals surface area contributed by atoms with E-state index in [1.165, 1.54) is 12.1 Å². The summed E-state index contributed by atoms with van der Waals surface area (Å²) in [5, 5.41) is 6.45. The Morgan fingerprint density at radius 2 is 2.26 bits per heavy atom. The van der Waals surface area contributed by atoms with Gasteiger partial charge in [0.15, 0.2) is 0 Å². The number of benzene rings is 1. The fraction of sp³-hybridized carbons (Fsp3) is 0.500. The van der Waals surface area contributed by atoms with E-state index in [9.17, 15) is 9.18 Å². The highest BCUT2D eigenvalue weighted by molar-refractivity contribution is 6.33. The van der Waals surface area contributed by atoms with Gasteiger partial charge in [-0.25, -0.2) is 4.39 Å². The molecule has 2 rings (SSSR count). The third-order valence-corrected chi connectivity index (χ3v) is 3.93. The molecule has 3 nitrogen and oxygen atoms in total. The van der Waals surface area contributed by atoms with Crippen LogP contribution in [0.4, 0.5) is 4.39 Å². The van der Waals surface area contributed by atoms with E-state index >= 15 is 0 Å². The Kier molecular flexibility index (Phi) is 4.11. The zero-order chi connectivity index (χ0) is 14.0. The van der Waals surface area contributed by atoms with Gasteiger partial charge in [-0.2, -0.15) is 0 Å². The maximum absolute atomic E-state index is 13.0. The summed E-state index contributed by atoms with van der Waals surface area (Å²) in [5.74, 6) is -0.686. The molecular formula is C14H18ClFN2O. The molecule has 0 bridgehead atoms. The Hall–Kier alpha value is -1.13. The minimum atomic E-state index is -0.441. The van der Waals surface area contributed by atoms with Crippen LogP contribution in [0.3, 0.4) is 0 Å². The second kappa shape index (κ2) is 5.47. The molecule has 0 aliphatic carbocycles. The van der Waals surface area contributed by atoms with Crippen molar-refractivity contribution in [2.75, 3.05) is 13.1 Å². The first-order chi connectivity index (χ1) is 8.90. The molecule has 1 heterocycles. The van der Waals surface area contributed by atoms with Crippen LogP contribution < -0.4 is 10.6 Å². The number of hydrogen-bond acceptors (Lipinski definition) is 2. The highest BCUT2D eigenvalue weighted by Crippen LogP contribution is 2.26. The van der Waals surface area contributed by atoms with Crippen molar-refractivity contribution in [1.82, 2.24) is 10.6 Å². The number of rotatable bonds is 2. The van der Waals surface area contributed by atoms with Crippen molar-refractivity contribution in [3.8, 4) is 0 Å². The highest BCUT2D eigenvalue weighted by Gasteiger charge is 2.33. The van der Waals surface area contributed by atoms with Gasteiger partial charge in [-0.15, -0.1) is 0 Å². The maximum Gasteiger partial charge on any atom is 0.253 e. The van der Waals surface area contributed by atoms with E-state index in [1.54, 1.807) is 0 Å². The van der Waals surface area contributed by atoms with Crippen molar-refractivity contribution >= 4 is 17.5 Å². The van der Waals surface area contributed by atoms with E-state index in [1.807, 2.05) is 0 Å². The highest BCUT2D eigenvalue weighted by atomic mass is 35.5. The fourth-order valence-corrected chi connectivity index (χ4v) is 2.60. The van der Waals surface area contributed by atoms with Crippen LogP contribution >= 0.6 is 11.6 Å². The lowest BCUT2D eigenvalue weighted by Gasteiger charge is -2.39. The van der Waals surface area contributed by atoms with Crippen LogP contribution in [0.1, 0.15) is 30.6 Å². The Morgan fingerprint density at radius 1 is 1.53 bits per heavy atom. The molecule has 0 radical (unpaired) electrons. The Bertz CT molecular complexity index is 490. The molecule has 1 aromatic rings. The Morgan fingerprint density at radius 3 is 2.89 bits per heavy atom. The average molecular weight is 285 g/mol. The van der Waals surface area contributed by atoms with Crippen molar-refractivity contribution < 1.29 is 9.18 Å². The number of carbonyl (C=O) groups excluding carboxylic acids is 1. The fourth-order valence-electron chi connectivity index (χ4n) is 2.35. The van der Waals surface area contributed by atoms with Crippen molar-refractivity contribution in [3.63, 3.8) is 0 Å². The predicted octanol–water partition coefficient (Wildman–Crippen LogP) is 2.60. The van der Waals surface area contributed by atoms with Gasteiger partial charge >= 0.3 is 0 Å². The quantitative estimate of drug-likeness (QED) is 0.876. The molecule has 1 aliphatic rings. The van der Waals surface area contributed by atoms with E-state index in [2.05, 4.69) is 24.5 Å². The minimum absolute atomic E-state index is 0.0135. The molecule has 2 N–H and O–H groups in total. The summed E-state index contributed by atoms with van der Waals surface area (Å²) in [6.45, 7) is 5.95. The van der Waals surface area contributed by atoms with Gasteiger partial charge in [0.25, 0.3) is 5.91 Å². The molecule has 1 amide bonds. The van der Waals surface area contributed by atoms with Gasteiger partial charge in [0, 0.05) is 12.6 Å². The van der Waals surface area contributed by atoms with E-state index in [-0.39, 0.29) is 22.4 Å². The molecule has 0 spiro atoms. The van der Waals surface area contributed by atoms with Crippen LogP contribution in [0, 0.1) is 11.2 Å². The number of amides is 1. The molecule has 104 valence electrons. The zero-order valence-corrected chi connectivity index (χ0v) is 11.9. The van der Waals surface area contributed by atoms with Gasteiger partial charge in [0.05, 0.1) is 10.6 Å². The largest absolute Gasteiger partial charge is 0.349 e. The van der Waals surface area contributed by atoms with Crippen molar-refractivity contribution in [1.29, 1.82) is 0 Å². The van der Waals surface area contributed by atoms with E-state index in [4.69, 9.17) is 11.6 Å². The molecule has 0 saturated carbocycles. The summed E-state index contributed by atoms with van der Waals surface area (Å²) in [4.78, 5) is 12.2. The van der Waals surface area contributed by atoms with E-state index < -0.39 is 5.82 Å². The van der Waals surface area contributed by atoms with Crippen molar-refractivity contribution in [2.45, 2.75) is 26.3 Å². The second-order valence-electron chi connectivity index (χ2n) is 5.60. The molecule has 1 saturated heterocycles. The number of nitrogens with one attached hydrogen (secondary N) is 2. The molecule has 1 unspecified atom stereocenters. The summed E-state index contributed by atoms with van der Waals surface area (Å²) >= 11 is 5.90. The molecule has 1 fully saturated rings. The number of halogens is 2. The lowest BCUT2D eigenvalue weighted by atomic mass is 9.80. The topological polar surface area (TPSA) is 41.1 Å². The first-order valence-electron chi connectivity index (χ1n) is 6.37. The minimum Gasteiger partial charge on any atom is -0.349 e. The number of piperidine rings is 1. The van der Waals surface area contributed by atoms with Gasteiger partial charge in [0.2, 0.25) is 0 Å². The lowest BCUT2D eigenvalue weighted by molar-refractivity contribution is 0.0869. The summed E-state index contributed by atoms with van der Waals surface area (Å²) in [5.41, 5.74) is 0.304. The third-order valence-electron chi connectivity index (χ3n) is 3.61. The van der Waals surface area contributed by atoms with Crippen LogP contribution in [-0.2, 0) is 0 Å². The Balaban J connectivity index is 2.12. The molecule has 5 heteroatoms. The molecule has 19 heavy (non-hydrogen) atoms. The van der Waals surface area contributed by atoms with Crippen LogP contribution in [-0.4, -0.2) is 25.0 Å².